The van der Waals surface area contributed by atoms with E-state index in [1.807, 2.05) is 12.1 Å². The number of halogens is 1. The van der Waals surface area contributed by atoms with Crippen LogP contribution in [0.2, 0.25) is 0 Å². The largest absolute Gasteiger partial charge is 0.497 e. The summed E-state index contributed by atoms with van der Waals surface area (Å²) in [6.45, 7) is -0.137. The van der Waals surface area contributed by atoms with E-state index < -0.39 is 6.03 Å². The Hall–Kier alpha value is -2.54. The molecule has 0 aromatic heterocycles. The van der Waals surface area contributed by atoms with Crippen LogP contribution >= 0.6 is 15.9 Å². The number of benzene rings is 2. The van der Waals surface area contributed by atoms with Gasteiger partial charge in [0.05, 0.1) is 19.3 Å². The van der Waals surface area contributed by atoms with E-state index in [4.69, 9.17) is 4.74 Å². The molecular formula is C16H16BrN3O3. The first kappa shape index (κ1) is 16.8. The zero-order chi connectivity index (χ0) is 16.7. The Labute approximate surface area is 142 Å². The van der Waals surface area contributed by atoms with Crippen LogP contribution in [-0.4, -0.2) is 25.6 Å². The van der Waals surface area contributed by atoms with E-state index in [1.54, 1.807) is 43.5 Å². The molecule has 0 spiro atoms. The second-order valence-electron chi connectivity index (χ2n) is 4.56. The van der Waals surface area contributed by atoms with Crippen molar-refractivity contribution in [3.8, 4) is 5.75 Å². The molecule has 0 unspecified atom stereocenters. The number of para-hydroxylation sites is 1. The van der Waals surface area contributed by atoms with Crippen molar-refractivity contribution < 1.29 is 14.3 Å². The molecule has 6 nitrogen and oxygen atoms in total. The van der Waals surface area contributed by atoms with Crippen molar-refractivity contribution in [2.75, 3.05) is 24.3 Å². The first-order valence-electron chi connectivity index (χ1n) is 6.82. The minimum Gasteiger partial charge on any atom is -0.497 e. The number of rotatable bonds is 5. The number of hydrogen-bond donors (Lipinski definition) is 3. The molecule has 0 radical (unpaired) electrons. The van der Waals surface area contributed by atoms with E-state index in [0.29, 0.717) is 17.1 Å². The zero-order valence-electron chi connectivity index (χ0n) is 12.4. The van der Waals surface area contributed by atoms with Crippen molar-refractivity contribution in [2.45, 2.75) is 0 Å². The smallest absolute Gasteiger partial charge is 0.319 e. The quantitative estimate of drug-likeness (QED) is 0.748. The SMILES string of the molecule is COc1ccc(NC(=O)CNC(=O)Nc2ccccc2Br)cc1. The number of amides is 3. The fraction of sp³-hybridized carbons (Fsp3) is 0.125. The molecule has 0 aliphatic heterocycles. The van der Waals surface area contributed by atoms with Gasteiger partial charge in [-0.1, -0.05) is 12.1 Å². The van der Waals surface area contributed by atoms with E-state index in [0.717, 1.165) is 4.47 Å². The number of hydrogen-bond acceptors (Lipinski definition) is 3. The van der Waals surface area contributed by atoms with Gasteiger partial charge < -0.3 is 20.7 Å². The summed E-state index contributed by atoms with van der Waals surface area (Å²) < 4.78 is 5.80. The molecule has 0 saturated carbocycles. The summed E-state index contributed by atoms with van der Waals surface area (Å²) in [5, 5.41) is 7.82. The van der Waals surface area contributed by atoms with Crippen molar-refractivity contribution in [1.82, 2.24) is 5.32 Å². The number of carbonyl (C=O) groups is 2. The minimum absolute atomic E-state index is 0.137. The molecule has 0 saturated heterocycles. The maximum Gasteiger partial charge on any atom is 0.319 e. The van der Waals surface area contributed by atoms with Crippen LogP contribution in [0.4, 0.5) is 16.2 Å². The average molecular weight is 378 g/mol. The molecule has 23 heavy (non-hydrogen) atoms. The normalized spacial score (nSPS) is 9.83. The fourth-order valence-corrected chi connectivity index (χ4v) is 2.15. The van der Waals surface area contributed by atoms with Crippen LogP contribution in [-0.2, 0) is 4.79 Å². The molecule has 0 aliphatic carbocycles. The molecule has 120 valence electrons. The third-order valence-electron chi connectivity index (χ3n) is 2.91. The van der Waals surface area contributed by atoms with Gasteiger partial charge in [0.25, 0.3) is 0 Å². The van der Waals surface area contributed by atoms with Crippen LogP contribution in [0.25, 0.3) is 0 Å². The molecule has 0 fully saturated rings. The third kappa shape index (κ3) is 5.30. The molecule has 2 aromatic carbocycles. The lowest BCUT2D eigenvalue weighted by atomic mass is 10.3. The van der Waals surface area contributed by atoms with Crippen molar-refractivity contribution in [1.29, 1.82) is 0 Å². The van der Waals surface area contributed by atoms with Gasteiger partial charge in [0, 0.05) is 10.2 Å². The van der Waals surface area contributed by atoms with Crippen LogP contribution < -0.4 is 20.7 Å². The summed E-state index contributed by atoms with van der Waals surface area (Å²) in [4.78, 5) is 23.6. The van der Waals surface area contributed by atoms with E-state index in [9.17, 15) is 9.59 Å². The Morgan fingerprint density at radius 3 is 2.39 bits per heavy atom. The van der Waals surface area contributed by atoms with Crippen molar-refractivity contribution >= 4 is 39.2 Å². The molecule has 7 heteroatoms. The lowest BCUT2D eigenvalue weighted by molar-refractivity contribution is -0.115. The second kappa shape index (κ2) is 8.19. The maximum absolute atomic E-state index is 11.8. The van der Waals surface area contributed by atoms with Crippen molar-refractivity contribution in [2.24, 2.45) is 0 Å². The molecule has 2 aromatic rings. The highest BCUT2D eigenvalue weighted by atomic mass is 79.9. The highest BCUT2D eigenvalue weighted by Gasteiger charge is 2.07. The molecule has 2 rings (SSSR count). The average Bonchev–Trinajstić information content (AvgIpc) is 2.56. The van der Waals surface area contributed by atoms with Gasteiger partial charge in [-0.25, -0.2) is 4.79 Å². The van der Waals surface area contributed by atoms with E-state index in [-0.39, 0.29) is 12.5 Å². The third-order valence-corrected chi connectivity index (χ3v) is 3.60. The van der Waals surface area contributed by atoms with E-state index in [1.165, 1.54) is 0 Å². The predicted molar refractivity (Wildman–Crippen MR) is 92.8 cm³/mol. The summed E-state index contributed by atoms with van der Waals surface area (Å²) in [5.41, 5.74) is 1.25. The monoisotopic (exact) mass is 377 g/mol. The van der Waals surface area contributed by atoms with Crippen LogP contribution in [0.3, 0.4) is 0 Å². The van der Waals surface area contributed by atoms with Gasteiger partial charge in [0.15, 0.2) is 0 Å². The van der Waals surface area contributed by atoms with Gasteiger partial charge in [-0.05, 0) is 52.3 Å². The van der Waals surface area contributed by atoms with Gasteiger partial charge in [-0.2, -0.15) is 0 Å². The topological polar surface area (TPSA) is 79.5 Å². The second-order valence-corrected chi connectivity index (χ2v) is 5.42. The minimum atomic E-state index is -0.457. The maximum atomic E-state index is 11.8. The lowest BCUT2D eigenvalue weighted by Crippen LogP contribution is -2.35. The summed E-state index contributed by atoms with van der Waals surface area (Å²) in [6, 6.07) is 13.7. The predicted octanol–water partition coefficient (Wildman–Crippen LogP) is 3.22. The number of anilines is 2. The lowest BCUT2D eigenvalue weighted by Gasteiger charge is -2.09. The number of urea groups is 1. The van der Waals surface area contributed by atoms with Gasteiger partial charge >= 0.3 is 6.03 Å². The molecule has 0 aliphatic rings. The van der Waals surface area contributed by atoms with Crippen LogP contribution in [0, 0.1) is 0 Å². The summed E-state index contributed by atoms with van der Waals surface area (Å²) in [5.74, 6) is 0.381. The Bertz CT molecular complexity index is 689. The van der Waals surface area contributed by atoms with E-state index >= 15 is 0 Å². The highest BCUT2D eigenvalue weighted by molar-refractivity contribution is 9.10. The van der Waals surface area contributed by atoms with Gasteiger partial charge in [0.1, 0.15) is 5.75 Å². The number of methoxy groups -OCH3 is 1. The summed E-state index contributed by atoms with van der Waals surface area (Å²) in [7, 11) is 1.57. The number of nitrogens with one attached hydrogen (secondary N) is 3. The Morgan fingerprint density at radius 1 is 1.04 bits per heavy atom. The Balaban J connectivity index is 1.79. The van der Waals surface area contributed by atoms with E-state index in [2.05, 4.69) is 31.9 Å². The standard InChI is InChI=1S/C16H16BrN3O3/c1-23-12-8-6-11(7-9-12)19-15(21)10-18-16(22)20-14-5-3-2-4-13(14)17/h2-9H,10H2,1H3,(H,19,21)(H2,18,20,22). The first-order chi connectivity index (χ1) is 11.1. The molecule has 3 amide bonds. The zero-order valence-corrected chi connectivity index (χ0v) is 14.0. The van der Waals surface area contributed by atoms with Crippen LogP contribution in [0.15, 0.2) is 53.0 Å². The van der Waals surface area contributed by atoms with Crippen molar-refractivity contribution in [3.05, 3.63) is 53.0 Å². The van der Waals surface area contributed by atoms with Gasteiger partial charge in [-0.15, -0.1) is 0 Å². The Morgan fingerprint density at radius 2 is 1.74 bits per heavy atom. The molecule has 0 heterocycles. The van der Waals surface area contributed by atoms with Gasteiger partial charge in [-0.3, -0.25) is 4.79 Å². The molecule has 0 atom stereocenters. The number of carbonyl (C=O) groups excluding carboxylic acids is 2. The Kier molecular flexibility index (Phi) is 5.99. The molecule has 3 N–H and O–H groups in total. The van der Waals surface area contributed by atoms with Crippen LogP contribution in [0.1, 0.15) is 0 Å². The van der Waals surface area contributed by atoms with Crippen molar-refractivity contribution in [3.63, 3.8) is 0 Å². The summed E-state index contributed by atoms with van der Waals surface area (Å²) in [6.07, 6.45) is 0. The molecular weight excluding hydrogens is 362 g/mol. The summed E-state index contributed by atoms with van der Waals surface area (Å²) >= 11 is 3.33. The number of ether oxygens (including phenoxy) is 1. The fourth-order valence-electron chi connectivity index (χ4n) is 1.77. The molecule has 0 bridgehead atoms. The van der Waals surface area contributed by atoms with Gasteiger partial charge in [0.2, 0.25) is 5.91 Å². The highest BCUT2D eigenvalue weighted by Crippen LogP contribution is 2.20. The van der Waals surface area contributed by atoms with Crippen LogP contribution in [0.5, 0.6) is 5.75 Å². The first-order valence-corrected chi connectivity index (χ1v) is 7.61.